The highest BCUT2D eigenvalue weighted by Gasteiger charge is 2.17. The first-order valence-electron chi connectivity index (χ1n) is 6.10. The third-order valence-electron chi connectivity index (χ3n) is 2.95. The molecule has 1 fully saturated rings. The van der Waals surface area contributed by atoms with Gasteiger partial charge in [-0.25, -0.2) is 14.4 Å². The third-order valence-corrected chi connectivity index (χ3v) is 2.95. The van der Waals surface area contributed by atoms with Gasteiger partial charge in [-0.15, -0.1) is 0 Å². The van der Waals surface area contributed by atoms with Crippen LogP contribution >= 0.6 is 0 Å². The fourth-order valence-corrected chi connectivity index (χ4v) is 2.02. The van der Waals surface area contributed by atoms with Gasteiger partial charge in [0.05, 0.1) is 11.8 Å². The summed E-state index contributed by atoms with van der Waals surface area (Å²) in [5.41, 5.74) is 3.01. The summed E-state index contributed by atoms with van der Waals surface area (Å²) in [6.45, 7) is 1.67. The van der Waals surface area contributed by atoms with Crippen molar-refractivity contribution >= 4 is 11.7 Å². The summed E-state index contributed by atoms with van der Waals surface area (Å²) in [6.07, 6.45) is 4.42. The van der Waals surface area contributed by atoms with E-state index in [4.69, 9.17) is 0 Å². The quantitative estimate of drug-likeness (QED) is 0.853. The molecule has 0 aromatic carbocycles. The molecule has 2 heterocycles. The van der Waals surface area contributed by atoms with Crippen LogP contribution in [0.15, 0.2) is 12.3 Å². The number of carbonyl (C=O) groups is 1. The molecule has 1 aliphatic heterocycles. The second-order valence-corrected chi connectivity index (χ2v) is 4.29. The number of hydrogen-bond donors (Lipinski definition) is 2. The highest BCUT2D eigenvalue weighted by molar-refractivity contribution is 5.98. The summed E-state index contributed by atoms with van der Waals surface area (Å²) in [4.78, 5) is 15.9. The monoisotopic (exact) mass is 252 g/mol. The molecule has 0 bridgehead atoms. The molecule has 98 valence electrons. The first-order chi connectivity index (χ1) is 8.70. The lowest BCUT2D eigenvalue weighted by molar-refractivity contribution is 0.0750. The van der Waals surface area contributed by atoms with E-state index in [0.717, 1.165) is 32.1 Å². The van der Waals surface area contributed by atoms with Gasteiger partial charge in [0.15, 0.2) is 0 Å². The largest absolute Gasteiger partial charge is 0.372 e. The zero-order valence-corrected chi connectivity index (χ0v) is 10.4. The van der Waals surface area contributed by atoms with Crippen molar-refractivity contribution in [2.75, 3.05) is 25.5 Å². The minimum absolute atomic E-state index is 0.225. The van der Waals surface area contributed by atoms with Crippen LogP contribution in [0.25, 0.3) is 0 Å². The number of pyridine rings is 1. The highest BCUT2D eigenvalue weighted by atomic mass is 19.1. The van der Waals surface area contributed by atoms with Gasteiger partial charge in [-0.1, -0.05) is 6.42 Å². The van der Waals surface area contributed by atoms with Gasteiger partial charge >= 0.3 is 0 Å². The number of nitrogens with zero attached hydrogens (tertiary/aromatic N) is 2. The highest BCUT2D eigenvalue weighted by Crippen LogP contribution is 2.14. The van der Waals surface area contributed by atoms with Crippen LogP contribution < -0.4 is 10.7 Å². The molecule has 0 radical (unpaired) electrons. The molecule has 0 unspecified atom stereocenters. The second kappa shape index (κ2) is 5.77. The lowest BCUT2D eigenvalue weighted by atomic mass is 10.2. The summed E-state index contributed by atoms with van der Waals surface area (Å²) in [7, 11) is 1.65. The van der Waals surface area contributed by atoms with Gasteiger partial charge < -0.3 is 5.32 Å². The van der Waals surface area contributed by atoms with Gasteiger partial charge in [-0.05, 0) is 18.9 Å². The van der Waals surface area contributed by atoms with Crippen molar-refractivity contribution in [1.82, 2.24) is 15.4 Å². The van der Waals surface area contributed by atoms with Crippen LogP contribution in [-0.2, 0) is 0 Å². The molecule has 0 spiro atoms. The summed E-state index contributed by atoms with van der Waals surface area (Å²) >= 11 is 0. The van der Waals surface area contributed by atoms with Crippen molar-refractivity contribution in [2.24, 2.45) is 0 Å². The molecule has 1 aromatic heterocycles. The molecule has 18 heavy (non-hydrogen) atoms. The molecule has 0 saturated carbocycles. The Labute approximate surface area is 105 Å². The second-order valence-electron chi connectivity index (χ2n) is 4.29. The van der Waals surface area contributed by atoms with E-state index in [-0.39, 0.29) is 11.5 Å². The summed E-state index contributed by atoms with van der Waals surface area (Å²) in [5.74, 6) is -0.461. The van der Waals surface area contributed by atoms with Crippen LogP contribution in [0.3, 0.4) is 0 Å². The van der Waals surface area contributed by atoms with Gasteiger partial charge in [-0.3, -0.25) is 10.2 Å². The predicted molar refractivity (Wildman–Crippen MR) is 66.6 cm³/mol. The molecule has 2 N–H and O–H groups in total. The SMILES string of the molecule is CNc1ncc(F)cc1C(=O)NN1CCCCC1. The zero-order valence-electron chi connectivity index (χ0n) is 10.4. The maximum atomic E-state index is 13.1. The number of aromatic nitrogens is 1. The van der Waals surface area contributed by atoms with E-state index in [1.807, 2.05) is 5.01 Å². The molecule has 0 aliphatic carbocycles. The fraction of sp³-hybridized carbons (Fsp3) is 0.500. The average molecular weight is 252 g/mol. The maximum Gasteiger partial charge on any atom is 0.269 e. The summed E-state index contributed by atoms with van der Waals surface area (Å²) in [5, 5.41) is 4.66. The van der Waals surface area contributed by atoms with Crippen molar-refractivity contribution < 1.29 is 9.18 Å². The predicted octanol–water partition coefficient (Wildman–Crippen LogP) is 1.39. The van der Waals surface area contributed by atoms with Crippen molar-refractivity contribution in [3.63, 3.8) is 0 Å². The number of carbonyl (C=O) groups excluding carboxylic acids is 1. The Morgan fingerprint density at radius 1 is 1.39 bits per heavy atom. The summed E-state index contributed by atoms with van der Waals surface area (Å²) < 4.78 is 13.1. The van der Waals surface area contributed by atoms with Gasteiger partial charge in [0.1, 0.15) is 11.6 Å². The standard InChI is InChI=1S/C12H17FN4O/c1-14-11-10(7-9(13)8-15-11)12(18)16-17-5-3-2-4-6-17/h7-8H,2-6H2,1H3,(H,14,15)(H,16,18). The molecule has 1 saturated heterocycles. The number of nitrogens with one attached hydrogen (secondary N) is 2. The van der Waals surface area contributed by atoms with E-state index in [1.165, 1.54) is 12.5 Å². The molecular formula is C12H17FN4O. The van der Waals surface area contributed by atoms with Gasteiger partial charge in [0.25, 0.3) is 5.91 Å². The first kappa shape index (κ1) is 12.8. The molecule has 0 atom stereocenters. The molecule has 5 nitrogen and oxygen atoms in total. The maximum absolute atomic E-state index is 13.1. The Morgan fingerprint density at radius 3 is 2.78 bits per heavy atom. The van der Waals surface area contributed by atoms with Crippen LogP contribution in [-0.4, -0.2) is 36.0 Å². The van der Waals surface area contributed by atoms with Crippen LogP contribution in [0.1, 0.15) is 29.6 Å². The Bertz CT molecular complexity index is 432. The number of hydrogen-bond acceptors (Lipinski definition) is 4. The molecular weight excluding hydrogens is 235 g/mol. The molecule has 6 heteroatoms. The normalized spacial score (nSPS) is 16.3. The van der Waals surface area contributed by atoms with E-state index < -0.39 is 5.82 Å². The average Bonchev–Trinajstić information content (AvgIpc) is 2.40. The van der Waals surface area contributed by atoms with Gasteiger partial charge in [0, 0.05) is 20.1 Å². The lowest BCUT2D eigenvalue weighted by Crippen LogP contribution is -2.45. The Hall–Kier alpha value is -1.69. The number of rotatable bonds is 3. The molecule has 1 aliphatic rings. The minimum atomic E-state index is -0.516. The van der Waals surface area contributed by atoms with Gasteiger partial charge in [-0.2, -0.15) is 0 Å². The smallest absolute Gasteiger partial charge is 0.269 e. The van der Waals surface area contributed by atoms with Crippen molar-refractivity contribution in [2.45, 2.75) is 19.3 Å². The van der Waals surface area contributed by atoms with Crippen molar-refractivity contribution in [3.05, 3.63) is 23.6 Å². The van der Waals surface area contributed by atoms with E-state index in [0.29, 0.717) is 5.82 Å². The van der Waals surface area contributed by atoms with Crippen molar-refractivity contribution in [3.8, 4) is 0 Å². The van der Waals surface area contributed by atoms with Crippen molar-refractivity contribution in [1.29, 1.82) is 0 Å². The minimum Gasteiger partial charge on any atom is -0.372 e. The Balaban J connectivity index is 2.09. The zero-order chi connectivity index (χ0) is 13.0. The molecule has 2 rings (SSSR count). The van der Waals surface area contributed by atoms with E-state index in [2.05, 4.69) is 15.7 Å². The number of amides is 1. The first-order valence-corrected chi connectivity index (χ1v) is 6.10. The number of anilines is 1. The lowest BCUT2D eigenvalue weighted by Gasteiger charge is -2.27. The van der Waals surface area contributed by atoms with Crippen LogP contribution in [0.4, 0.5) is 10.2 Å². The number of hydrazine groups is 1. The number of piperidine rings is 1. The Kier molecular flexibility index (Phi) is 4.09. The van der Waals surface area contributed by atoms with Crippen LogP contribution in [0.5, 0.6) is 0 Å². The number of halogens is 1. The molecule has 1 amide bonds. The Morgan fingerprint density at radius 2 is 2.11 bits per heavy atom. The van der Waals surface area contributed by atoms with Crippen LogP contribution in [0.2, 0.25) is 0 Å². The van der Waals surface area contributed by atoms with E-state index in [9.17, 15) is 9.18 Å². The van der Waals surface area contributed by atoms with E-state index >= 15 is 0 Å². The van der Waals surface area contributed by atoms with Crippen LogP contribution in [0, 0.1) is 5.82 Å². The van der Waals surface area contributed by atoms with E-state index in [1.54, 1.807) is 7.05 Å². The topological polar surface area (TPSA) is 57.3 Å². The third kappa shape index (κ3) is 2.95. The van der Waals surface area contributed by atoms with Gasteiger partial charge in [0.2, 0.25) is 0 Å². The summed E-state index contributed by atoms with van der Waals surface area (Å²) in [6, 6.07) is 1.19. The molecule has 1 aromatic rings. The fourth-order valence-electron chi connectivity index (χ4n) is 2.02.